The van der Waals surface area contributed by atoms with Crippen molar-refractivity contribution in [2.24, 2.45) is 0 Å². The fraction of sp³-hybridized carbons (Fsp3) is 0.381. The van der Waals surface area contributed by atoms with E-state index in [9.17, 15) is 9.59 Å². The van der Waals surface area contributed by atoms with E-state index in [2.05, 4.69) is 31.1 Å². The van der Waals surface area contributed by atoms with E-state index in [4.69, 9.17) is 0 Å². The van der Waals surface area contributed by atoms with Gasteiger partial charge in [0.1, 0.15) is 11.4 Å². The van der Waals surface area contributed by atoms with E-state index in [1.165, 1.54) is 5.56 Å². The van der Waals surface area contributed by atoms with Gasteiger partial charge in [-0.05, 0) is 42.2 Å². The molecule has 2 rings (SSSR count). The fourth-order valence-corrected chi connectivity index (χ4v) is 2.52. The van der Waals surface area contributed by atoms with E-state index < -0.39 is 0 Å². The quantitative estimate of drug-likeness (QED) is 0.806. The smallest absolute Gasteiger partial charge is 0.274 e. The summed E-state index contributed by atoms with van der Waals surface area (Å²) in [5.74, 6) is -0.0589. The molecule has 0 aliphatic heterocycles. The van der Waals surface area contributed by atoms with E-state index in [1.807, 2.05) is 24.3 Å². The third-order valence-corrected chi connectivity index (χ3v) is 4.23. The second-order valence-corrected chi connectivity index (χ2v) is 6.72. The zero-order chi connectivity index (χ0) is 19.1. The van der Waals surface area contributed by atoms with Crippen molar-refractivity contribution in [2.45, 2.75) is 39.5 Å². The number of amides is 2. The molecule has 0 saturated heterocycles. The molecule has 0 unspecified atom stereocenters. The Balaban J connectivity index is 2.08. The predicted octanol–water partition coefficient (Wildman–Crippen LogP) is 4.33. The second-order valence-electron chi connectivity index (χ2n) is 6.72. The predicted molar refractivity (Wildman–Crippen MR) is 105 cm³/mol. The Morgan fingerprint density at radius 3 is 2.35 bits per heavy atom. The van der Waals surface area contributed by atoms with Crippen LogP contribution in [0.1, 0.15) is 66.1 Å². The van der Waals surface area contributed by atoms with E-state index in [1.54, 1.807) is 30.1 Å². The number of pyridine rings is 1. The van der Waals surface area contributed by atoms with Gasteiger partial charge in [0.05, 0.1) is 0 Å². The minimum atomic E-state index is -0.326. The maximum Gasteiger partial charge on any atom is 0.274 e. The molecule has 0 aliphatic carbocycles. The van der Waals surface area contributed by atoms with E-state index in [-0.39, 0.29) is 23.2 Å². The van der Waals surface area contributed by atoms with Gasteiger partial charge in [0.15, 0.2) is 0 Å². The molecular weight excluding hydrogens is 326 g/mol. The molecule has 1 heterocycles. The highest BCUT2D eigenvalue weighted by Crippen LogP contribution is 2.17. The van der Waals surface area contributed by atoms with Crippen LogP contribution in [0.15, 0.2) is 42.5 Å². The molecule has 5 nitrogen and oxygen atoms in total. The summed E-state index contributed by atoms with van der Waals surface area (Å²) in [7, 11) is 1.75. The third kappa shape index (κ3) is 5.15. The molecular formula is C21H27N3O2. The molecule has 1 aromatic heterocycles. The second kappa shape index (κ2) is 9.13. The van der Waals surface area contributed by atoms with Crippen LogP contribution in [0, 0.1) is 0 Å². The molecule has 0 atom stereocenters. The number of rotatable bonds is 7. The van der Waals surface area contributed by atoms with Crippen LogP contribution < -0.4 is 5.32 Å². The van der Waals surface area contributed by atoms with Crippen LogP contribution in [0.2, 0.25) is 0 Å². The topological polar surface area (TPSA) is 62.3 Å². The number of hydrogen-bond donors (Lipinski definition) is 1. The first-order chi connectivity index (χ1) is 12.4. The third-order valence-electron chi connectivity index (χ3n) is 4.23. The molecule has 0 spiro atoms. The molecule has 2 amide bonds. The maximum atomic E-state index is 12.5. The number of carbonyl (C=O) groups is 2. The van der Waals surface area contributed by atoms with Gasteiger partial charge in [-0.1, -0.05) is 45.4 Å². The highest BCUT2D eigenvalue weighted by atomic mass is 16.2. The number of unbranched alkanes of at least 4 members (excludes halogenated alkanes) is 1. The van der Waals surface area contributed by atoms with Crippen molar-refractivity contribution >= 4 is 17.5 Å². The Labute approximate surface area is 155 Å². The van der Waals surface area contributed by atoms with Crippen molar-refractivity contribution in [3.8, 4) is 0 Å². The van der Waals surface area contributed by atoms with Gasteiger partial charge in [0.25, 0.3) is 11.8 Å². The molecule has 0 bridgehead atoms. The van der Waals surface area contributed by atoms with Crippen molar-refractivity contribution in [3.63, 3.8) is 0 Å². The van der Waals surface area contributed by atoms with Gasteiger partial charge in [0, 0.05) is 19.3 Å². The summed E-state index contributed by atoms with van der Waals surface area (Å²) in [4.78, 5) is 30.7. The monoisotopic (exact) mass is 353 g/mol. The summed E-state index contributed by atoms with van der Waals surface area (Å²) < 4.78 is 0. The number of aromatic nitrogens is 1. The van der Waals surface area contributed by atoms with Crippen LogP contribution in [-0.4, -0.2) is 35.3 Å². The molecule has 26 heavy (non-hydrogen) atoms. The standard InChI is InChI=1S/C21H27N3O2/c1-5-6-14-24(4)21(26)19-9-7-8-18(23-19)20(25)22-17-12-10-16(11-13-17)15(2)3/h7-13,15H,5-6,14H2,1-4H3,(H,22,25). The van der Waals surface area contributed by atoms with Gasteiger partial charge in [-0.2, -0.15) is 0 Å². The van der Waals surface area contributed by atoms with E-state index >= 15 is 0 Å². The lowest BCUT2D eigenvalue weighted by molar-refractivity contribution is 0.0787. The Morgan fingerprint density at radius 2 is 1.73 bits per heavy atom. The lowest BCUT2D eigenvalue weighted by Gasteiger charge is -2.16. The van der Waals surface area contributed by atoms with Crippen LogP contribution >= 0.6 is 0 Å². The highest BCUT2D eigenvalue weighted by Gasteiger charge is 2.15. The first-order valence-corrected chi connectivity index (χ1v) is 9.06. The Hall–Kier alpha value is -2.69. The van der Waals surface area contributed by atoms with Gasteiger partial charge in [0.2, 0.25) is 0 Å². The number of anilines is 1. The van der Waals surface area contributed by atoms with Gasteiger partial charge in [-0.3, -0.25) is 9.59 Å². The molecule has 1 N–H and O–H groups in total. The van der Waals surface area contributed by atoms with Crippen LogP contribution in [0.4, 0.5) is 5.69 Å². The van der Waals surface area contributed by atoms with Crippen molar-refractivity contribution in [1.29, 1.82) is 0 Å². The Morgan fingerprint density at radius 1 is 1.08 bits per heavy atom. The van der Waals surface area contributed by atoms with Gasteiger partial charge in [-0.25, -0.2) is 4.98 Å². The number of benzene rings is 1. The van der Waals surface area contributed by atoms with Gasteiger partial charge >= 0.3 is 0 Å². The summed E-state index contributed by atoms with van der Waals surface area (Å²) >= 11 is 0. The minimum Gasteiger partial charge on any atom is -0.340 e. The summed E-state index contributed by atoms with van der Waals surface area (Å²) in [6, 6.07) is 12.7. The number of nitrogens with one attached hydrogen (secondary N) is 1. The van der Waals surface area contributed by atoms with E-state index in [0.29, 0.717) is 18.2 Å². The summed E-state index contributed by atoms with van der Waals surface area (Å²) in [6.07, 6.45) is 1.96. The van der Waals surface area contributed by atoms with Gasteiger partial charge < -0.3 is 10.2 Å². The first kappa shape index (κ1) is 19.6. The van der Waals surface area contributed by atoms with Crippen LogP contribution in [0.3, 0.4) is 0 Å². The summed E-state index contributed by atoms with van der Waals surface area (Å²) in [6.45, 7) is 7.00. The molecule has 0 saturated carbocycles. The lowest BCUT2D eigenvalue weighted by atomic mass is 10.0. The molecule has 138 valence electrons. The van der Waals surface area contributed by atoms with Crippen molar-refractivity contribution in [1.82, 2.24) is 9.88 Å². The average Bonchev–Trinajstić information content (AvgIpc) is 2.66. The molecule has 2 aromatic rings. The highest BCUT2D eigenvalue weighted by molar-refractivity contribution is 6.03. The SMILES string of the molecule is CCCCN(C)C(=O)c1cccc(C(=O)Nc2ccc(C(C)C)cc2)n1. The summed E-state index contributed by atoms with van der Waals surface area (Å²) in [5, 5.41) is 2.83. The molecule has 0 aliphatic rings. The Bertz CT molecular complexity index is 754. The Kier molecular flexibility index (Phi) is 6.89. The van der Waals surface area contributed by atoms with Gasteiger partial charge in [-0.15, -0.1) is 0 Å². The van der Waals surface area contributed by atoms with E-state index in [0.717, 1.165) is 12.8 Å². The minimum absolute atomic E-state index is 0.172. The summed E-state index contributed by atoms with van der Waals surface area (Å²) in [5.41, 5.74) is 2.43. The number of nitrogens with zero attached hydrogens (tertiary/aromatic N) is 2. The van der Waals surface area contributed by atoms with Crippen molar-refractivity contribution in [2.75, 3.05) is 18.9 Å². The van der Waals surface area contributed by atoms with Crippen molar-refractivity contribution < 1.29 is 9.59 Å². The molecule has 0 radical (unpaired) electrons. The average molecular weight is 353 g/mol. The van der Waals surface area contributed by atoms with Crippen LogP contribution in [0.5, 0.6) is 0 Å². The maximum absolute atomic E-state index is 12.5. The lowest BCUT2D eigenvalue weighted by Crippen LogP contribution is -2.29. The number of carbonyl (C=O) groups excluding carboxylic acids is 2. The first-order valence-electron chi connectivity index (χ1n) is 9.06. The fourth-order valence-electron chi connectivity index (χ4n) is 2.52. The largest absolute Gasteiger partial charge is 0.340 e. The molecule has 1 aromatic carbocycles. The number of hydrogen-bond acceptors (Lipinski definition) is 3. The molecule has 0 fully saturated rings. The van der Waals surface area contributed by atoms with Crippen molar-refractivity contribution in [3.05, 3.63) is 59.4 Å². The normalized spacial score (nSPS) is 10.7. The zero-order valence-corrected chi connectivity index (χ0v) is 16.0. The van der Waals surface area contributed by atoms with Crippen LogP contribution in [-0.2, 0) is 0 Å². The zero-order valence-electron chi connectivity index (χ0n) is 16.0. The van der Waals surface area contributed by atoms with Crippen LogP contribution in [0.25, 0.3) is 0 Å². The molecule has 5 heteroatoms.